The summed E-state index contributed by atoms with van der Waals surface area (Å²) < 4.78 is 5.35. The Labute approximate surface area is 114 Å². The number of hydrogen-bond donors (Lipinski definition) is 1. The lowest BCUT2D eigenvalue weighted by Crippen LogP contribution is -2.36. The topological polar surface area (TPSA) is 53.5 Å². The van der Waals surface area contributed by atoms with Gasteiger partial charge >= 0.3 is 0 Å². The van der Waals surface area contributed by atoms with Crippen molar-refractivity contribution in [1.82, 2.24) is 14.9 Å². The van der Waals surface area contributed by atoms with Crippen molar-refractivity contribution in [2.45, 2.75) is 6.42 Å². The summed E-state index contributed by atoms with van der Waals surface area (Å²) in [6.07, 6.45) is 2.89. The van der Waals surface area contributed by atoms with Gasteiger partial charge in [-0.15, -0.1) is 0 Å². The molecule has 0 saturated carbocycles. The maximum absolute atomic E-state index is 5.35. The van der Waals surface area contributed by atoms with Gasteiger partial charge in [-0.2, -0.15) is 4.98 Å². The van der Waals surface area contributed by atoms with E-state index in [4.69, 9.17) is 4.74 Å². The Hall–Kier alpha value is -1.40. The Morgan fingerprint density at radius 1 is 1.37 bits per heavy atom. The number of anilines is 2. The van der Waals surface area contributed by atoms with Crippen molar-refractivity contribution in [3.05, 3.63) is 12.3 Å². The average Bonchev–Trinajstić information content (AvgIpc) is 2.45. The Kier molecular flexibility index (Phi) is 5.35. The Bertz CT molecular complexity index is 379. The van der Waals surface area contributed by atoms with Gasteiger partial charge in [-0.1, -0.05) is 0 Å². The normalized spacial score (nSPS) is 15.8. The number of rotatable bonds is 6. The molecule has 1 saturated heterocycles. The quantitative estimate of drug-likeness (QED) is 0.763. The third-order valence-electron chi connectivity index (χ3n) is 3.04. The summed E-state index contributed by atoms with van der Waals surface area (Å²) in [6, 6.07) is 1.95. The van der Waals surface area contributed by atoms with Crippen molar-refractivity contribution in [1.29, 1.82) is 0 Å². The molecule has 106 valence electrons. The predicted molar refractivity (Wildman–Crippen MR) is 76.7 cm³/mol. The second-order valence-electron chi connectivity index (χ2n) is 4.92. The molecule has 2 heterocycles. The molecule has 0 unspecified atom stereocenters. The third kappa shape index (κ3) is 4.65. The van der Waals surface area contributed by atoms with Crippen molar-refractivity contribution in [2.75, 3.05) is 63.7 Å². The van der Waals surface area contributed by atoms with Crippen LogP contribution >= 0.6 is 0 Å². The van der Waals surface area contributed by atoms with Crippen molar-refractivity contribution in [2.24, 2.45) is 0 Å². The SMILES string of the molecule is CN(C)CCCNc1nccc(N2CCOCC2)n1. The number of nitrogens with zero attached hydrogens (tertiary/aromatic N) is 4. The van der Waals surface area contributed by atoms with Crippen LogP contribution in [0.4, 0.5) is 11.8 Å². The molecule has 1 aliphatic rings. The zero-order valence-corrected chi connectivity index (χ0v) is 11.8. The van der Waals surface area contributed by atoms with Crippen LogP contribution in [0.15, 0.2) is 12.3 Å². The van der Waals surface area contributed by atoms with Crippen molar-refractivity contribution in [3.8, 4) is 0 Å². The molecule has 1 N–H and O–H groups in total. The number of morpholine rings is 1. The number of ether oxygens (including phenoxy) is 1. The lowest BCUT2D eigenvalue weighted by Gasteiger charge is -2.27. The van der Waals surface area contributed by atoms with E-state index in [0.29, 0.717) is 5.95 Å². The highest BCUT2D eigenvalue weighted by molar-refractivity contribution is 5.42. The maximum atomic E-state index is 5.35. The van der Waals surface area contributed by atoms with Crippen molar-refractivity contribution < 1.29 is 4.74 Å². The van der Waals surface area contributed by atoms with E-state index in [9.17, 15) is 0 Å². The van der Waals surface area contributed by atoms with E-state index in [0.717, 1.165) is 51.6 Å². The summed E-state index contributed by atoms with van der Waals surface area (Å²) >= 11 is 0. The number of nitrogens with one attached hydrogen (secondary N) is 1. The number of aromatic nitrogens is 2. The largest absolute Gasteiger partial charge is 0.378 e. The predicted octanol–water partition coefficient (Wildman–Crippen LogP) is 0.677. The van der Waals surface area contributed by atoms with Crippen LogP contribution in [0.2, 0.25) is 0 Å². The zero-order chi connectivity index (χ0) is 13.5. The molecule has 6 heteroatoms. The number of hydrogen-bond acceptors (Lipinski definition) is 6. The van der Waals surface area contributed by atoms with Gasteiger partial charge in [-0.3, -0.25) is 0 Å². The molecule has 19 heavy (non-hydrogen) atoms. The first-order valence-corrected chi connectivity index (χ1v) is 6.80. The van der Waals surface area contributed by atoms with Gasteiger partial charge in [0.05, 0.1) is 13.2 Å². The molecule has 0 amide bonds. The highest BCUT2D eigenvalue weighted by Crippen LogP contribution is 2.13. The van der Waals surface area contributed by atoms with Crippen LogP contribution in [0.1, 0.15) is 6.42 Å². The molecule has 0 bridgehead atoms. The minimum absolute atomic E-state index is 0.711. The average molecular weight is 265 g/mol. The highest BCUT2D eigenvalue weighted by Gasteiger charge is 2.12. The van der Waals surface area contributed by atoms with Gasteiger partial charge in [-0.25, -0.2) is 4.98 Å². The fourth-order valence-electron chi connectivity index (χ4n) is 2.00. The van der Waals surface area contributed by atoms with Crippen molar-refractivity contribution in [3.63, 3.8) is 0 Å². The summed E-state index contributed by atoms with van der Waals surface area (Å²) in [4.78, 5) is 13.2. The lowest BCUT2D eigenvalue weighted by atomic mass is 10.4. The van der Waals surface area contributed by atoms with Gasteiger partial charge in [0.15, 0.2) is 0 Å². The van der Waals surface area contributed by atoms with Crippen LogP contribution in [0.25, 0.3) is 0 Å². The highest BCUT2D eigenvalue weighted by atomic mass is 16.5. The van der Waals surface area contributed by atoms with E-state index < -0.39 is 0 Å². The minimum atomic E-state index is 0.711. The first-order valence-electron chi connectivity index (χ1n) is 6.80. The molecule has 0 aromatic carbocycles. The Morgan fingerprint density at radius 3 is 2.89 bits per heavy atom. The van der Waals surface area contributed by atoms with Crippen molar-refractivity contribution >= 4 is 11.8 Å². The smallest absolute Gasteiger partial charge is 0.224 e. The van der Waals surface area contributed by atoms with E-state index in [1.807, 2.05) is 12.3 Å². The van der Waals surface area contributed by atoms with E-state index in [1.54, 1.807) is 0 Å². The fourth-order valence-corrected chi connectivity index (χ4v) is 2.00. The third-order valence-corrected chi connectivity index (χ3v) is 3.04. The fraction of sp³-hybridized carbons (Fsp3) is 0.692. The molecular weight excluding hydrogens is 242 g/mol. The molecule has 0 aliphatic carbocycles. The summed E-state index contributed by atoms with van der Waals surface area (Å²) in [7, 11) is 4.16. The summed E-state index contributed by atoms with van der Waals surface area (Å²) in [5.41, 5.74) is 0. The first kappa shape index (κ1) is 14.0. The molecule has 0 spiro atoms. The molecule has 0 radical (unpaired) electrons. The van der Waals surface area contributed by atoms with Gasteiger partial charge in [0.25, 0.3) is 0 Å². The summed E-state index contributed by atoms with van der Waals surface area (Å²) in [6.45, 7) is 5.31. The monoisotopic (exact) mass is 265 g/mol. The standard InChI is InChI=1S/C13H23N5O/c1-17(2)7-3-5-14-13-15-6-4-12(16-13)18-8-10-19-11-9-18/h4,6H,3,5,7-11H2,1-2H3,(H,14,15,16). The summed E-state index contributed by atoms with van der Waals surface area (Å²) in [5, 5.41) is 3.27. The summed E-state index contributed by atoms with van der Waals surface area (Å²) in [5.74, 6) is 1.69. The van der Waals surface area contributed by atoms with E-state index in [-0.39, 0.29) is 0 Å². The van der Waals surface area contributed by atoms with E-state index >= 15 is 0 Å². The molecule has 0 atom stereocenters. The van der Waals surface area contributed by atoms with Crippen LogP contribution in [0.3, 0.4) is 0 Å². The van der Waals surface area contributed by atoms with Crippen LogP contribution < -0.4 is 10.2 Å². The van der Waals surface area contributed by atoms with Crippen LogP contribution in [0, 0.1) is 0 Å². The van der Waals surface area contributed by atoms with Gasteiger partial charge in [0.2, 0.25) is 5.95 Å². The molecule has 1 aliphatic heterocycles. The van der Waals surface area contributed by atoms with Crippen LogP contribution in [-0.4, -0.2) is 68.4 Å². The molecule has 1 aromatic heterocycles. The van der Waals surface area contributed by atoms with Gasteiger partial charge < -0.3 is 19.9 Å². The molecule has 1 aromatic rings. The molecular formula is C13H23N5O. The Balaban J connectivity index is 1.84. The molecule has 6 nitrogen and oxygen atoms in total. The minimum Gasteiger partial charge on any atom is -0.378 e. The lowest BCUT2D eigenvalue weighted by molar-refractivity contribution is 0.122. The molecule has 1 fully saturated rings. The second-order valence-corrected chi connectivity index (χ2v) is 4.92. The van der Waals surface area contributed by atoms with E-state index in [2.05, 4.69) is 39.2 Å². The molecule has 2 rings (SSSR count). The van der Waals surface area contributed by atoms with Gasteiger partial charge in [0.1, 0.15) is 5.82 Å². The first-order chi connectivity index (χ1) is 9.25. The van der Waals surface area contributed by atoms with Crippen LogP contribution in [-0.2, 0) is 4.74 Å². The van der Waals surface area contributed by atoms with Gasteiger partial charge in [-0.05, 0) is 33.1 Å². The van der Waals surface area contributed by atoms with Crippen LogP contribution in [0.5, 0.6) is 0 Å². The van der Waals surface area contributed by atoms with Gasteiger partial charge in [0, 0.05) is 25.8 Å². The Morgan fingerprint density at radius 2 is 2.16 bits per heavy atom. The zero-order valence-electron chi connectivity index (χ0n) is 11.8. The maximum Gasteiger partial charge on any atom is 0.224 e. The van der Waals surface area contributed by atoms with E-state index in [1.165, 1.54) is 0 Å². The second kappa shape index (κ2) is 7.25.